The quantitative estimate of drug-likeness (QED) is 0.390. The Bertz CT molecular complexity index is 756. The highest BCUT2D eigenvalue weighted by Gasteiger charge is 2.44. The van der Waals surface area contributed by atoms with E-state index in [1.165, 1.54) is 16.7 Å². The molecule has 1 aliphatic carbocycles. The number of aliphatic hydroxyl groups excluding tert-OH is 1. The molecule has 1 saturated carbocycles. The summed E-state index contributed by atoms with van der Waals surface area (Å²) < 4.78 is 6.73. The molecule has 1 aliphatic rings. The van der Waals surface area contributed by atoms with E-state index >= 15 is 0 Å². The average molecular weight is 433 g/mol. The summed E-state index contributed by atoms with van der Waals surface area (Å²) in [5, 5.41) is 19.9. The van der Waals surface area contributed by atoms with Crippen LogP contribution in [0.5, 0.6) is 0 Å². The molecule has 168 valence electrons. The van der Waals surface area contributed by atoms with E-state index in [2.05, 4.69) is 72.0 Å². The number of aliphatic hydroxyl groups is 1. The van der Waals surface area contributed by atoms with E-state index in [1.807, 2.05) is 0 Å². The molecule has 2 rings (SSSR count). The highest BCUT2D eigenvalue weighted by atomic mass is 28.4. The molecule has 1 aromatic carbocycles. The van der Waals surface area contributed by atoms with E-state index in [0.29, 0.717) is 6.42 Å². The van der Waals surface area contributed by atoms with Crippen LogP contribution in [-0.2, 0) is 15.6 Å². The second-order valence-electron chi connectivity index (χ2n) is 10.5. The zero-order chi connectivity index (χ0) is 22.7. The van der Waals surface area contributed by atoms with Crippen molar-refractivity contribution in [2.75, 3.05) is 0 Å². The third-order valence-corrected chi connectivity index (χ3v) is 11.2. The van der Waals surface area contributed by atoms with Gasteiger partial charge in [-0.15, -0.1) is 0 Å². The van der Waals surface area contributed by atoms with Crippen LogP contribution < -0.4 is 0 Å². The second kappa shape index (κ2) is 9.69. The molecule has 0 aliphatic heterocycles. The van der Waals surface area contributed by atoms with Gasteiger partial charge in [0.25, 0.3) is 0 Å². The first kappa shape index (κ1) is 24.7. The van der Waals surface area contributed by atoms with Crippen molar-refractivity contribution in [1.29, 1.82) is 0 Å². The van der Waals surface area contributed by atoms with E-state index < -0.39 is 20.4 Å². The summed E-state index contributed by atoms with van der Waals surface area (Å²) in [4.78, 5) is 11.4. The monoisotopic (exact) mass is 432 g/mol. The number of carboxylic acid groups (broad SMARTS) is 1. The van der Waals surface area contributed by atoms with Crippen LogP contribution in [0.4, 0.5) is 0 Å². The first-order chi connectivity index (χ1) is 13.8. The van der Waals surface area contributed by atoms with Crippen LogP contribution in [0.1, 0.15) is 63.1 Å². The van der Waals surface area contributed by atoms with Crippen LogP contribution in [0.2, 0.25) is 18.1 Å². The maximum atomic E-state index is 11.4. The van der Waals surface area contributed by atoms with Crippen molar-refractivity contribution in [2.45, 2.75) is 91.0 Å². The number of aliphatic carboxylic acids is 1. The summed E-state index contributed by atoms with van der Waals surface area (Å²) in [5.74, 6) is -0.245. The number of hydrogen-bond acceptors (Lipinski definition) is 3. The van der Waals surface area contributed by atoms with Gasteiger partial charge in [0.2, 0.25) is 8.32 Å². The van der Waals surface area contributed by atoms with E-state index in [-0.39, 0.29) is 23.3 Å². The first-order valence-corrected chi connectivity index (χ1v) is 14.1. The van der Waals surface area contributed by atoms with Gasteiger partial charge in [0.15, 0.2) is 0 Å². The Morgan fingerprint density at radius 2 is 1.77 bits per heavy atom. The van der Waals surface area contributed by atoms with Gasteiger partial charge < -0.3 is 14.6 Å². The summed E-state index contributed by atoms with van der Waals surface area (Å²) in [6, 6.07) is 6.63. The molecule has 0 saturated heterocycles. The third kappa shape index (κ3) is 6.45. The number of carbonyl (C=O) groups is 1. The fourth-order valence-corrected chi connectivity index (χ4v) is 5.32. The lowest BCUT2D eigenvalue weighted by molar-refractivity contribution is -0.139. The van der Waals surface area contributed by atoms with Crippen molar-refractivity contribution in [3.63, 3.8) is 0 Å². The summed E-state index contributed by atoms with van der Waals surface area (Å²) in [5.41, 5.74) is 3.85. The highest BCUT2D eigenvalue weighted by Crippen LogP contribution is 2.44. The molecule has 0 aromatic heterocycles. The van der Waals surface area contributed by atoms with Gasteiger partial charge >= 0.3 is 5.97 Å². The normalized spacial score (nSPS) is 22.9. The predicted octanol–water partition coefficient (Wildman–Crippen LogP) is 6.00. The number of aryl methyl sites for hydroxylation is 3. The minimum atomic E-state index is -2.07. The van der Waals surface area contributed by atoms with Crippen LogP contribution >= 0.6 is 0 Å². The number of hydrogen-bond donors (Lipinski definition) is 2. The average Bonchev–Trinajstić information content (AvgIpc) is 2.92. The van der Waals surface area contributed by atoms with Crippen LogP contribution in [0, 0.1) is 25.7 Å². The van der Waals surface area contributed by atoms with Crippen LogP contribution in [0.25, 0.3) is 0 Å². The van der Waals surface area contributed by atoms with Crippen molar-refractivity contribution < 1.29 is 19.4 Å². The molecule has 4 nitrogen and oxygen atoms in total. The predicted molar refractivity (Wildman–Crippen MR) is 125 cm³/mol. The van der Waals surface area contributed by atoms with Gasteiger partial charge in [0, 0.05) is 11.8 Å². The zero-order valence-electron chi connectivity index (χ0n) is 19.8. The van der Waals surface area contributed by atoms with E-state index in [9.17, 15) is 15.0 Å². The Balaban J connectivity index is 2.28. The molecule has 0 amide bonds. The van der Waals surface area contributed by atoms with Gasteiger partial charge in [-0.05, 0) is 69.3 Å². The first-order valence-electron chi connectivity index (χ1n) is 11.2. The summed E-state index contributed by atoms with van der Waals surface area (Å²) >= 11 is 0. The Morgan fingerprint density at radius 3 is 2.30 bits per heavy atom. The standard InChI is InChI=1S/C25H40O4Si/c1-17-13-18(2)15-19(14-17)9-8-10-23(29-30(6,7)25(3,4)5)20-11-12-22(26)21(20)16-24(27)28/h10,13-15,20-22,26H,8-9,11-12,16H2,1-7H3,(H,27,28)/t20-,21+,22-/m0/s1. The summed E-state index contributed by atoms with van der Waals surface area (Å²) in [7, 11) is -2.07. The Labute approximate surface area is 183 Å². The fraction of sp³-hybridized carbons (Fsp3) is 0.640. The Hall–Kier alpha value is -1.59. The lowest BCUT2D eigenvalue weighted by Gasteiger charge is -2.39. The van der Waals surface area contributed by atoms with Crippen molar-refractivity contribution in [3.05, 3.63) is 46.7 Å². The van der Waals surface area contributed by atoms with Crippen molar-refractivity contribution in [1.82, 2.24) is 0 Å². The number of carboxylic acids is 1. The van der Waals surface area contributed by atoms with Gasteiger partial charge in [-0.1, -0.05) is 50.1 Å². The maximum Gasteiger partial charge on any atom is 0.303 e. The molecular weight excluding hydrogens is 392 g/mol. The molecular formula is C25H40O4Si. The van der Waals surface area contributed by atoms with Crippen molar-refractivity contribution in [3.8, 4) is 0 Å². The number of benzene rings is 1. The largest absolute Gasteiger partial charge is 0.547 e. The maximum absolute atomic E-state index is 11.4. The molecule has 0 unspecified atom stereocenters. The summed E-state index contributed by atoms with van der Waals surface area (Å²) in [6.07, 6.45) is 4.78. The molecule has 5 heteroatoms. The molecule has 1 fully saturated rings. The van der Waals surface area contributed by atoms with Crippen molar-refractivity contribution in [2.24, 2.45) is 11.8 Å². The summed E-state index contributed by atoms with van der Waals surface area (Å²) in [6.45, 7) is 15.3. The SMILES string of the molecule is Cc1cc(C)cc(CCC=C(O[Si](C)(C)C(C)(C)C)[C@H]2CC[C@H](O)[C@@H]2CC(=O)O)c1. The molecule has 2 N–H and O–H groups in total. The molecule has 0 radical (unpaired) electrons. The Kier molecular flexibility index (Phi) is 7.97. The lowest BCUT2D eigenvalue weighted by atomic mass is 9.89. The van der Waals surface area contributed by atoms with Crippen molar-refractivity contribution >= 4 is 14.3 Å². The third-order valence-electron chi connectivity index (χ3n) is 6.80. The molecule has 0 spiro atoms. The van der Waals surface area contributed by atoms with Crippen LogP contribution in [0.15, 0.2) is 30.0 Å². The van der Waals surface area contributed by atoms with E-state index in [1.54, 1.807) is 0 Å². The zero-order valence-corrected chi connectivity index (χ0v) is 20.8. The van der Waals surface area contributed by atoms with Gasteiger partial charge in [-0.2, -0.15) is 0 Å². The van der Waals surface area contributed by atoms with Gasteiger partial charge in [-0.3, -0.25) is 4.79 Å². The second-order valence-corrected chi connectivity index (χ2v) is 15.2. The minimum Gasteiger partial charge on any atom is -0.547 e. The molecule has 0 bridgehead atoms. The fourth-order valence-electron chi connectivity index (χ4n) is 4.19. The van der Waals surface area contributed by atoms with E-state index in [0.717, 1.165) is 25.0 Å². The minimum absolute atomic E-state index is 0.0128. The number of allylic oxidation sites excluding steroid dienone is 2. The molecule has 0 heterocycles. The van der Waals surface area contributed by atoms with Gasteiger partial charge in [0.1, 0.15) is 0 Å². The van der Waals surface area contributed by atoms with Crippen LogP contribution in [0.3, 0.4) is 0 Å². The van der Waals surface area contributed by atoms with Gasteiger partial charge in [0.05, 0.1) is 18.3 Å². The van der Waals surface area contributed by atoms with Gasteiger partial charge in [-0.25, -0.2) is 0 Å². The number of rotatable bonds is 8. The van der Waals surface area contributed by atoms with E-state index in [4.69, 9.17) is 4.43 Å². The molecule has 1 aromatic rings. The topological polar surface area (TPSA) is 66.8 Å². The van der Waals surface area contributed by atoms with Crippen LogP contribution in [-0.4, -0.2) is 30.6 Å². The Morgan fingerprint density at radius 1 is 1.17 bits per heavy atom. The highest BCUT2D eigenvalue weighted by molar-refractivity contribution is 6.74. The smallest absolute Gasteiger partial charge is 0.303 e. The lowest BCUT2D eigenvalue weighted by Crippen LogP contribution is -2.41. The molecule has 30 heavy (non-hydrogen) atoms. The molecule has 3 atom stereocenters.